The average Bonchev–Trinajstić information content (AvgIpc) is 2.31. The molecule has 1 heterocycles. The van der Waals surface area contributed by atoms with Crippen LogP contribution in [0.5, 0.6) is 0 Å². The molecule has 0 amide bonds. The number of methoxy groups -OCH3 is 1. The number of nitrogens with zero attached hydrogens (tertiary/aromatic N) is 1. The topological polar surface area (TPSA) is 29.5 Å². The van der Waals surface area contributed by atoms with E-state index in [0.717, 1.165) is 6.54 Å². The van der Waals surface area contributed by atoms with E-state index in [1.807, 2.05) is 0 Å². The minimum atomic E-state index is -1.22. The molecule has 0 N–H and O–H groups in total. The van der Waals surface area contributed by atoms with Gasteiger partial charge in [-0.25, -0.2) is 0 Å². The molecular weight excluding hydrogens is 170 g/mol. The molecule has 0 spiro atoms. The van der Waals surface area contributed by atoms with Gasteiger partial charge in [0.15, 0.2) is 0 Å². The Bertz CT molecular complexity index is 182. The van der Waals surface area contributed by atoms with Crippen molar-refractivity contribution in [3.8, 4) is 0 Å². The third kappa shape index (κ3) is 2.07. The minimum absolute atomic E-state index is 0.0996. The number of hydrogen-bond acceptors (Lipinski definition) is 3. The summed E-state index contributed by atoms with van der Waals surface area (Å²) in [4.78, 5) is 11.0. The molecule has 1 aliphatic heterocycles. The Hall–Kier alpha value is -0.353. The Labute approximate surface area is 74.8 Å². The van der Waals surface area contributed by atoms with E-state index < -0.39 is 8.24 Å². The maximum Gasteiger partial charge on any atom is 0.319 e. The van der Waals surface area contributed by atoms with Crippen LogP contribution in [0, 0.1) is 0 Å². The second-order valence-corrected chi connectivity index (χ2v) is 8.67. The molecule has 3 nitrogen and oxygen atoms in total. The molecule has 0 bridgehead atoms. The van der Waals surface area contributed by atoms with Crippen molar-refractivity contribution in [1.82, 2.24) is 4.57 Å². The van der Waals surface area contributed by atoms with Crippen molar-refractivity contribution in [2.24, 2.45) is 0 Å². The van der Waals surface area contributed by atoms with Crippen LogP contribution in [0.1, 0.15) is 6.42 Å². The van der Waals surface area contributed by atoms with Crippen LogP contribution in [-0.2, 0) is 9.53 Å². The Morgan fingerprint density at radius 3 is 2.67 bits per heavy atom. The third-order valence-electron chi connectivity index (χ3n) is 2.62. The van der Waals surface area contributed by atoms with Crippen molar-refractivity contribution in [1.29, 1.82) is 0 Å². The summed E-state index contributed by atoms with van der Waals surface area (Å²) in [5.74, 6) is -0.0996. The first-order valence-electron chi connectivity index (χ1n) is 4.38. The summed E-state index contributed by atoms with van der Waals surface area (Å²) in [6, 6.07) is 1.31. The van der Waals surface area contributed by atoms with Crippen molar-refractivity contribution in [2.75, 3.05) is 20.2 Å². The van der Waals surface area contributed by atoms with Crippen molar-refractivity contribution in [3.63, 3.8) is 0 Å². The van der Waals surface area contributed by atoms with E-state index in [4.69, 9.17) is 0 Å². The molecule has 12 heavy (non-hydrogen) atoms. The lowest BCUT2D eigenvalue weighted by atomic mass is 10.5. The maximum absolute atomic E-state index is 11.0. The van der Waals surface area contributed by atoms with Gasteiger partial charge >= 0.3 is 5.97 Å². The first kappa shape index (κ1) is 9.73. The average molecular weight is 187 g/mol. The van der Waals surface area contributed by atoms with Gasteiger partial charge in [0.25, 0.3) is 0 Å². The zero-order chi connectivity index (χ0) is 9.19. The predicted octanol–water partition coefficient (Wildman–Crippen LogP) is 1.07. The van der Waals surface area contributed by atoms with Gasteiger partial charge in [-0.2, -0.15) is 0 Å². The van der Waals surface area contributed by atoms with Gasteiger partial charge in [-0.15, -0.1) is 0 Å². The Balaban J connectivity index is 2.47. The molecule has 0 aromatic rings. The molecule has 1 aliphatic rings. The highest BCUT2D eigenvalue weighted by Gasteiger charge is 2.35. The van der Waals surface area contributed by atoms with Gasteiger partial charge in [-0.3, -0.25) is 4.79 Å². The fourth-order valence-corrected chi connectivity index (χ4v) is 4.34. The number of rotatable bonds is 2. The molecule has 0 unspecified atom stereocenters. The largest absolute Gasteiger partial charge is 0.468 e. The summed E-state index contributed by atoms with van der Waals surface area (Å²) >= 11 is 0. The van der Waals surface area contributed by atoms with Crippen LogP contribution in [0.25, 0.3) is 0 Å². The van der Waals surface area contributed by atoms with Crippen molar-refractivity contribution in [2.45, 2.75) is 25.6 Å². The monoisotopic (exact) mass is 187 g/mol. The van der Waals surface area contributed by atoms with E-state index in [-0.39, 0.29) is 5.97 Å². The van der Waals surface area contributed by atoms with Gasteiger partial charge < -0.3 is 9.30 Å². The molecule has 1 rings (SSSR count). The predicted molar refractivity (Wildman–Crippen MR) is 50.5 cm³/mol. The van der Waals surface area contributed by atoms with Crippen LogP contribution in [-0.4, -0.2) is 39.0 Å². The van der Waals surface area contributed by atoms with E-state index >= 15 is 0 Å². The van der Waals surface area contributed by atoms with Crippen LogP contribution < -0.4 is 0 Å². The molecule has 0 aromatic carbocycles. The normalized spacial score (nSPS) is 22.6. The summed E-state index contributed by atoms with van der Waals surface area (Å²) in [6.07, 6.45) is 1.25. The van der Waals surface area contributed by atoms with Crippen LogP contribution in [0.3, 0.4) is 0 Å². The van der Waals surface area contributed by atoms with E-state index in [0.29, 0.717) is 6.54 Å². The van der Waals surface area contributed by atoms with E-state index in [1.165, 1.54) is 19.6 Å². The van der Waals surface area contributed by atoms with Gasteiger partial charge in [-0.05, 0) is 19.0 Å². The van der Waals surface area contributed by atoms with Crippen LogP contribution in [0.4, 0.5) is 0 Å². The van der Waals surface area contributed by atoms with Crippen LogP contribution in [0.2, 0.25) is 19.1 Å². The fraction of sp³-hybridized carbons (Fsp3) is 0.875. The molecule has 70 valence electrons. The summed E-state index contributed by atoms with van der Waals surface area (Å²) in [5.41, 5.74) is 0. The maximum atomic E-state index is 11.0. The van der Waals surface area contributed by atoms with Crippen LogP contribution >= 0.6 is 0 Å². The lowest BCUT2D eigenvalue weighted by molar-refractivity contribution is -0.140. The third-order valence-corrected chi connectivity index (χ3v) is 6.29. The first-order valence-corrected chi connectivity index (χ1v) is 7.53. The molecule has 0 atom stereocenters. The molecular formula is C8H17NO2Si. The lowest BCUT2D eigenvalue weighted by Crippen LogP contribution is -2.45. The summed E-state index contributed by atoms with van der Waals surface area (Å²) in [6.45, 7) is 6.19. The molecule has 1 fully saturated rings. The molecule has 0 radical (unpaired) electrons. The van der Waals surface area contributed by atoms with E-state index in [9.17, 15) is 4.79 Å². The van der Waals surface area contributed by atoms with Gasteiger partial charge in [0.1, 0.15) is 8.24 Å². The highest BCUT2D eigenvalue weighted by molar-refractivity contribution is 6.75. The molecule has 1 saturated heterocycles. The van der Waals surface area contributed by atoms with Gasteiger partial charge in [-0.1, -0.05) is 13.1 Å². The van der Waals surface area contributed by atoms with Gasteiger partial charge in [0, 0.05) is 0 Å². The highest BCUT2D eigenvalue weighted by atomic mass is 28.3. The van der Waals surface area contributed by atoms with Gasteiger partial charge in [0.2, 0.25) is 0 Å². The fourth-order valence-electron chi connectivity index (χ4n) is 1.68. The minimum Gasteiger partial charge on any atom is -0.468 e. The molecule has 0 aromatic heterocycles. The van der Waals surface area contributed by atoms with Crippen molar-refractivity contribution >= 4 is 14.2 Å². The van der Waals surface area contributed by atoms with Crippen LogP contribution in [0.15, 0.2) is 0 Å². The Morgan fingerprint density at radius 2 is 2.25 bits per heavy atom. The Morgan fingerprint density at radius 1 is 1.58 bits per heavy atom. The molecule has 0 aliphatic carbocycles. The zero-order valence-electron chi connectivity index (χ0n) is 8.09. The second kappa shape index (κ2) is 3.58. The van der Waals surface area contributed by atoms with Crippen molar-refractivity contribution in [3.05, 3.63) is 0 Å². The highest BCUT2D eigenvalue weighted by Crippen LogP contribution is 2.24. The number of hydrogen-bond donors (Lipinski definition) is 0. The van der Waals surface area contributed by atoms with E-state index in [2.05, 4.69) is 22.4 Å². The zero-order valence-corrected chi connectivity index (χ0v) is 9.09. The standard InChI is InChI=1S/C8H17NO2Si/c1-11-8(10)7-9-5-4-6-12(9,2)3/h4-7H2,1-3H3. The molecule has 4 heteroatoms. The first-order chi connectivity index (χ1) is 5.56. The number of esters is 1. The smallest absolute Gasteiger partial charge is 0.319 e. The Kier molecular flexibility index (Phi) is 2.90. The number of carbonyl (C=O) groups is 1. The molecule has 0 saturated carbocycles. The summed E-state index contributed by atoms with van der Waals surface area (Å²) in [7, 11) is 0.235. The van der Waals surface area contributed by atoms with Gasteiger partial charge in [0.05, 0.1) is 13.7 Å². The number of ether oxygens (including phenoxy) is 1. The van der Waals surface area contributed by atoms with E-state index in [1.54, 1.807) is 0 Å². The van der Waals surface area contributed by atoms with Crippen molar-refractivity contribution < 1.29 is 9.53 Å². The SMILES string of the molecule is COC(=O)CN1CCC[Si]1(C)C. The number of carbonyl (C=O) groups excluding carboxylic acids is 1. The summed E-state index contributed by atoms with van der Waals surface area (Å²) < 4.78 is 6.97. The summed E-state index contributed by atoms with van der Waals surface area (Å²) in [5, 5.41) is 0. The second-order valence-electron chi connectivity index (χ2n) is 3.91. The lowest BCUT2D eigenvalue weighted by Gasteiger charge is -2.28. The quantitative estimate of drug-likeness (QED) is 0.478.